The Morgan fingerprint density at radius 2 is 2.25 bits per heavy atom. The first-order chi connectivity index (χ1) is 7.81. The van der Waals surface area contributed by atoms with Gasteiger partial charge in [0.25, 0.3) is 5.91 Å². The third-order valence-corrected chi connectivity index (χ3v) is 2.95. The summed E-state index contributed by atoms with van der Waals surface area (Å²) >= 11 is 1.99. The molecule has 1 saturated heterocycles. The van der Waals surface area contributed by atoms with Crippen molar-refractivity contribution in [3.8, 4) is 0 Å². The van der Waals surface area contributed by atoms with Gasteiger partial charge in [0.05, 0.1) is 36.1 Å². The second-order valence-electron chi connectivity index (χ2n) is 3.43. The Labute approximate surface area is 108 Å². The number of morpholine rings is 1. The summed E-state index contributed by atoms with van der Waals surface area (Å²) in [6.07, 6.45) is 1.63. The maximum atomic E-state index is 12.1. The Morgan fingerprint density at radius 1 is 1.50 bits per heavy atom. The molecule has 2 rings (SSSR count). The van der Waals surface area contributed by atoms with Crippen molar-refractivity contribution >= 4 is 34.6 Å². The SMILES string of the molecule is O=C(c1ccnc(NI)c1)N1CCOCC1. The van der Waals surface area contributed by atoms with Crippen LogP contribution in [0.1, 0.15) is 10.4 Å². The smallest absolute Gasteiger partial charge is 0.254 e. The molecule has 1 fully saturated rings. The first kappa shape index (κ1) is 11.6. The van der Waals surface area contributed by atoms with E-state index in [-0.39, 0.29) is 5.91 Å². The third-order valence-electron chi connectivity index (χ3n) is 2.40. The van der Waals surface area contributed by atoms with Crippen LogP contribution in [-0.2, 0) is 4.74 Å². The Hall–Kier alpha value is -0.890. The fraction of sp³-hybridized carbons (Fsp3) is 0.400. The molecular formula is C10H12IN3O2. The van der Waals surface area contributed by atoms with Crippen molar-refractivity contribution in [1.29, 1.82) is 0 Å². The topological polar surface area (TPSA) is 54.5 Å². The van der Waals surface area contributed by atoms with Gasteiger partial charge in [-0.2, -0.15) is 0 Å². The monoisotopic (exact) mass is 333 g/mol. The molecule has 6 heteroatoms. The molecule has 0 saturated carbocycles. The van der Waals surface area contributed by atoms with Crippen molar-refractivity contribution in [1.82, 2.24) is 9.88 Å². The van der Waals surface area contributed by atoms with Gasteiger partial charge in [-0.15, -0.1) is 0 Å². The zero-order valence-electron chi connectivity index (χ0n) is 8.65. The Balaban J connectivity index is 2.12. The molecule has 1 aliphatic rings. The molecule has 0 atom stereocenters. The number of hydrogen-bond donors (Lipinski definition) is 1. The molecule has 86 valence electrons. The quantitative estimate of drug-likeness (QED) is 0.655. The van der Waals surface area contributed by atoms with Gasteiger partial charge in [-0.3, -0.25) is 4.79 Å². The van der Waals surface area contributed by atoms with Crippen molar-refractivity contribution in [2.45, 2.75) is 0 Å². The normalized spacial score (nSPS) is 15.9. The van der Waals surface area contributed by atoms with Gasteiger partial charge in [-0.25, -0.2) is 4.98 Å². The summed E-state index contributed by atoms with van der Waals surface area (Å²) in [5, 5.41) is 0. The molecule has 0 aliphatic carbocycles. The van der Waals surface area contributed by atoms with Crippen LogP contribution >= 0.6 is 22.9 Å². The van der Waals surface area contributed by atoms with Gasteiger partial charge in [0.1, 0.15) is 5.82 Å². The fourth-order valence-corrected chi connectivity index (χ4v) is 1.86. The van der Waals surface area contributed by atoms with E-state index in [9.17, 15) is 4.79 Å². The van der Waals surface area contributed by atoms with Crippen LogP contribution in [0, 0.1) is 0 Å². The van der Waals surface area contributed by atoms with E-state index < -0.39 is 0 Å². The van der Waals surface area contributed by atoms with Gasteiger partial charge in [0.15, 0.2) is 0 Å². The van der Waals surface area contributed by atoms with Crippen molar-refractivity contribution in [2.24, 2.45) is 0 Å². The first-order valence-corrected chi connectivity index (χ1v) is 6.09. The van der Waals surface area contributed by atoms with E-state index in [0.717, 1.165) is 0 Å². The number of anilines is 1. The van der Waals surface area contributed by atoms with Gasteiger partial charge in [0.2, 0.25) is 0 Å². The lowest BCUT2D eigenvalue weighted by Gasteiger charge is -2.26. The highest BCUT2D eigenvalue weighted by atomic mass is 127. The van der Waals surface area contributed by atoms with Crippen molar-refractivity contribution < 1.29 is 9.53 Å². The molecule has 1 aliphatic heterocycles. The van der Waals surface area contributed by atoms with E-state index in [1.165, 1.54) is 0 Å². The van der Waals surface area contributed by atoms with E-state index >= 15 is 0 Å². The average molecular weight is 333 g/mol. The first-order valence-electron chi connectivity index (χ1n) is 5.01. The number of hydrogen-bond acceptors (Lipinski definition) is 4. The third kappa shape index (κ3) is 2.62. The molecule has 1 N–H and O–H groups in total. The Morgan fingerprint density at radius 3 is 2.94 bits per heavy atom. The van der Waals surface area contributed by atoms with E-state index in [2.05, 4.69) is 8.51 Å². The largest absolute Gasteiger partial charge is 0.378 e. The van der Waals surface area contributed by atoms with E-state index in [4.69, 9.17) is 4.74 Å². The molecule has 16 heavy (non-hydrogen) atoms. The standard InChI is InChI=1S/C10H12IN3O2/c11-13-9-7-8(1-2-12-9)10(15)14-3-5-16-6-4-14/h1-2,7H,3-6H2,(H,12,13). The predicted molar refractivity (Wildman–Crippen MR) is 68.6 cm³/mol. The second-order valence-corrected chi connectivity index (χ2v) is 3.97. The minimum absolute atomic E-state index is 0.0404. The van der Waals surface area contributed by atoms with Gasteiger partial charge < -0.3 is 13.2 Å². The number of nitrogens with zero attached hydrogens (tertiary/aromatic N) is 2. The van der Waals surface area contributed by atoms with E-state index in [1.54, 1.807) is 23.2 Å². The van der Waals surface area contributed by atoms with Gasteiger partial charge in [-0.1, -0.05) is 0 Å². The molecule has 1 amide bonds. The number of nitrogens with one attached hydrogen (secondary N) is 1. The van der Waals surface area contributed by atoms with Crippen LogP contribution < -0.4 is 3.53 Å². The Kier molecular flexibility index (Phi) is 3.94. The highest BCUT2D eigenvalue weighted by molar-refractivity contribution is 14.1. The molecule has 5 nitrogen and oxygen atoms in total. The highest BCUT2D eigenvalue weighted by Crippen LogP contribution is 2.12. The van der Waals surface area contributed by atoms with Gasteiger partial charge >= 0.3 is 0 Å². The zero-order valence-corrected chi connectivity index (χ0v) is 10.8. The zero-order chi connectivity index (χ0) is 11.4. The molecule has 0 radical (unpaired) electrons. The summed E-state index contributed by atoms with van der Waals surface area (Å²) in [5.74, 6) is 0.735. The number of carbonyl (C=O) groups excluding carboxylic acids is 1. The van der Waals surface area contributed by atoms with E-state index in [1.807, 2.05) is 22.9 Å². The van der Waals surface area contributed by atoms with Crippen molar-refractivity contribution in [3.63, 3.8) is 0 Å². The summed E-state index contributed by atoms with van der Waals surface area (Å²) in [7, 11) is 0. The molecule has 1 aromatic rings. The number of amides is 1. The molecule has 0 bridgehead atoms. The molecule has 0 aromatic carbocycles. The van der Waals surface area contributed by atoms with Crippen LogP contribution in [0.3, 0.4) is 0 Å². The van der Waals surface area contributed by atoms with Crippen molar-refractivity contribution in [3.05, 3.63) is 23.9 Å². The lowest BCUT2D eigenvalue weighted by molar-refractivity contribution is 0.0303. The van der Waals surface area contributed by atoms with Gasteiger partial charge in [-0.05, 0) is 12.1 Å². The van der Waals surface area contributed by atoms with Crippen LogP contribution in [0.2, 0.25) is 0 Å². The molecule has 0 spiro atoms. The maximum absolute atomic E-state index is 12.1. The Bertz CT molecular complexity index is 380. The molecular weight excluding hydrogens is 321 g/mol. The van der Waals surface area contributed by atoms with Crippen LogP contribution in [0.25, 0.3) is 0 Å². The summed E-state index contributed by atoms with van der Waals surface area (Å²) in [6, 6.07) is 3.49. The number of ether oxygens (including phenoxy) is 1. The van der Waals surface area contributed by atoms with Crippen LogP contribution in [0.15, 0.2) is 18.3 Å². The van der Waals surface area contributed by atoms with Gasteiger partial charge in [0, 0.05) is 24.8 Å². The molecule has 2 heterocycles. The number of pyridine rings is 1. The minimum Gasteiger partial charge on any atom is -0.378 e. The number of aromatic nitrogens is 1. The molecule has 1 aromatic heterocycles. The van der Waals surface area contributed by atoms with Crippen LogP contribution in [-0.4, -0.2) is 42.1 Å². The lowest BCUT2D eigenvalue weighted by Crippen LogP contribution is -2.40. The summed E-state index contributed by atoms with van der Waals surface area (Å²) in [6.45, 7) is 2.56. The predicted octanol–water partition coefficient (Wildman–Crippen LogP) is 1.32. The maximum Gasteiger partial charge on any atom is 0.254 e. The van der Waals surface area contributed by atoms with Crippen LogP contribution in [0.4, 0.5) is 5.82 Å². The summed E-state index contributed by atoms with van der Waals surface area (Å²) in [5.41, 5.74) is 0.663. The molecule has 0 unspecified atom stereocenters. The second kappa shape index (κ2) is 5.44. The fourth-order valence-electron chi connectivity index (χ4n) is 1.56. The average Bonchev–Trinajstić information content (AvgIpc) is 2.39. The number of rotatable bonds is 2. The highest BCUT2D eigenvalue weighted by Gasteiger charge is 2.18. The van der Waals surface area contributed by atoms with E-state index in [0.29, 0.717) is 37.7 Å². The van der Waals surface area contributed by atoms with Crippen LogP contribution in [0.5, 0.6) is 0 Å². The lowest BCUT2D eigenvalue weighted by atomic mass is 10.2. The number of carbonyl (C=O) groups is 1. The minimum atomic E-state index is 0.0404. The summed E-state index contributed by atoms with van der Waals surface area (Å²) in [4.78, 5) is 18.0. The number of halogens is 1. The van der Waals surface area contributed by atoms with Crippen molar-refractivity contribution in [2.75, 3.05) is 29.8 Å². The summed E-state index contributed by atoms with van der Waals surface area (Å²) < 4.78 is 8.10.